The first-order chi connectivity index (χ1) is 14.6. The Balaban J connectivity index is 1.36. The number of nitrogens with zero attached hydrogens (tertiary/aromatic N) is 4. The number of piperidine rings is 2. The molecule has 4 rings (SSSR count). The number of benzene rings is 1. The quantitative estimate of drug-likeness (QED) is 0.356. The number of hydrogen-bond donors (Lipinski definition) is 0. The molecule has 1 amide bonds. The first-order valence-corrected chi connectivity index (χ1v) is 12.3. The van der Waals surface area contributed by atoms with Crippen molar-refractivity contribution in [1.29, 1.82) is 0 Å². The number of hydrogen-bond acceptors (Lipinski definition) is 5. The van der Waals surface area contributed by atoms with Crippen LogP contribution in [0.1, 0.15) is 54.9 Å². The molecule has 0 spiro atoms. The molecule has 2 saturated heterocycles. The molecule has 0 unspecified atom stereocenters. The molecule has 160 valence electrons. The molecule has 2 fully saturated rings. The predicted octanol–water partition coefficient (Wildman–Crippen LogP) is 5.28. The summed E-state index contributed by atoms with van der Waals surface area (Å²) < 4.78 is 0. The van der Waals surface area contributed by atoms with Gasteiger partial charge in [-0.1, -0.05) is 42.4 Å². The highest BCUT2D eigenvalue weighted by molar-refractivity contribution is 7.98. The summed E-state index contributed by atoms with van der Waals surface area (Å²) in [5.41, 5.74) is 1.91. The van der Waals surface area contributed by atoms with Crippen molar-refractivity contribution in [2.75, 3.05) is 31.1 Å². The summed E-state index contributed by atoms with van der Waals surface area (Å²) in [7, 11) is 0. The zero-order chi connectivity index (χ0) is 20.9. The number of carbonyl (C=O) groups excluding carboxylic acids is 1. The van der Waals surface area contributed by atoms with Crippen molar-refractivity contribution < 1.29 is 4.79 Å². The molecule has 0 bridgehead atoms. The van der Waals surface area contributed by atoms with Crippen LogP contribution in [0.2, 0.25) is 5.15 Å². The van der Waals surface area contributed by atoms with Crippen molar-refractivity contribution in [1.82, 2.24) is 14.9 Å². The second-order valence-corrected chi connectivity index (χ2v) is 9.67. The number of thioether (sulfide) groups is 1. The van der Waals surface area contributed by atoms with Gasteiger partial charge >= 0.3 is 0 Å². The molecule has 0 saturated carbocycles. The van der Waals surface area contributed by atoms with Crippen molar-refractivity contribution in [3.8, 4) is 0 Å². The second-order valence-electron chi connectivity index (χ2n) is 8.34. The lowest BCUT2D eigenvalue weighted by atomic mass is 9.98. The van der Waals surface area contributed by atoms with Crippen molar-refractivity contribution in [2.45, 2.75) is 49.9 Å². The van der Waals surface area contributed by atoms with Crippen molar-refractivity contribution in [2.24, 2.45) is 5.92 Å². The highest BCUT2D eigenvalue weighted by atomic mass is 35.5. The van der Waals surface area contributed by atoms with E-state index in [9.17, 15) is 4.79 Å². The molecule has 5 nitrogen and oxygen atoms in total. The van der Waals surface area contributed by atoms with Gasteiger partial charge in [0.2, 0.25) is 0 Å². The summed E-state index contributed by atoms with van der Waals surface area (Å²) >= 11 is 7.84. The maximum Gasteiger partial charge on any atom is 0.253 e. The Morgan fingerprint density at radius 1 is 1.07 bits per heavy atom. The number of rotatable bonds is 5. The van der Waals surface area contributed by atoms with Crippen LogP contribution in [-0.2, 0) is 5.75 Å². The third kappa shape index (κ3) is 5.46. The minimum Gasteiger partial charge on any atom is -0.356 e. The molecule has 2 aromatic rings. The SMILES string of the molecule is CC1CCN(C(=O)c2ccc(CSc3nc(Cl)cc(N4CCCCC4)n3)cc2)CC1. The zero-order valence-corrected chi connectivity index (χ0v) is 19.1. The van der Waals surface area contributed by atoms with Crippen LogP contribution in [-0.4, -0.2) is 47.0 Å². The van der Waals surface area contributed by atoms with Crippen LogP contribution in [0.3, 0.4) is 0 Å². The topological polar surface area (TPSA) is 49.3 Å². The fourth-order valence-corrected chi connectivity index (χ4v) is 5.06. The van der Waals surface area contributed by atoms with Crippen molar-refractivity contribution in [3.05, 3.63) is 46.6 Å². The van der Waals surface area contributed by atoms with Crippen LogP contribution in [0, 0.1) is 5.92 Å². The fourth-order valence-electron chi connectivity index (χ4n) is 4.02. The van der Waals surface area contributed by atoms with Gasteiger partial charge in [0.15, 0.2) is 5.16 Å². The molecule has 0 aliphatic carbocycles. The third-order valence-corrected chi connectivity index (χ3v) is 7.09. The van der Waals surface area contributed by atoms with E-state index in [4.69, 9.17) is 16.6 Å². The van der Waals surface area contributed by atoms with E-state index >= 15 is 0 Å². The molecule has 2 aliphatic heterocycles. The van der Waals surface area contributed by atoms with Gasteiger partial charge in [0, 0.05) is 43.6 Å². The number of likely N-dealkylation sites (tertiary alicyclic amines) is 1. The van der Waals surface area contributed by atoms with E-state index in [2.05, 4.69) is 16.8 Å². The molecule has 1 aromatic heterocycles. The average Bonchev–Trinajstić information content (AvgIpc) is 2.78. The smallest absolute Gasteiger partial charge is 0.253 e. The second kappa shape index (κ2) is 10.0. The average molecular weight is 445 g/mol. The Morgan fingerprint density at radius 3 is 2.47 bits per heavy atom. The maximum atomic E-state index is 12.7. The van der Waals surface area contributed by atoms with Crippen LogP contribution in [0.5, 0.6) is 0 Å². The van der Waals surface area contributed by atoms with E-state index < -0.39 is 0 Å². The third-order valence-electron chi connectivity index (χ3n) is 5.98. The van der Waals surface area contributed by atoms with Gasteiger partial charge in [0.1, 0.15) is 11.0 Å². The van der Waals surface area contributed by atoms with Crippen molar-refractivity contribution >= 4 is 35.1 Å². The van der Waals surface area contributed by atoms with Crippen LogP contribution < -0.4 is 4.90 Å². The standard InChI is InChI=1S/C23H29ClN4OS/c1-17-9-13-28(14-10-17)22(29)19-7-5-18(6-8-19)16-30-23-25-20(24)15-21(26-23)27-11-3-2-4-12-27/h5-8,15,17H,2-4,9-14,16H2,1H3. The molecular weight excluding hydrogens is 416 g/mol. The van der Waals surface area contributed by atoms with Gasteiger partial charge in [-0.05, 0) is 55.7 Å². The Labute approximate surface area is 188 Å². The molecular formula is C23H29ClN4OS. The van der Waals surface area contributed by atoms with E-state index in [1.165, 1.54) is 19.3 Å². The molecule has 1 aromatic carbocycles. The number of anilines is 1. The van der Waals surface area contributed by atoms with E-state index in [-0.39, 0.29) is 5.91 Å². The highest BCUT2D eigenvalue weighted by Crippen LogP contribution is 2.26. The molecule has 7 heteroatoms. The van der Waals surface area contributed by atoms with Gasteiger partial charge in [-0.3, -0.25) is 4.79 Å². The van der Waals surface area contributed by atoms with Gasteiger partial charge in [0.05, 0.1) is 0 Å². The fraction of sp³-hybridized carbons (Fsp3) is 0.522. The van der Waals surface area contributed by atoms with Gasteiger partial charge in [-0.2, -0.15) is 0 Å². The molecule has 2 aliphatic rings. The lowest BCUT2D eigenvalue weighted by molar-refractivity contribution is 0.0697. The Bertz CT molecular complexity index is 862. The predicted molar refractivity (Wildman–Crippen MR) is 123 cm³/mol. The zero-order valence-electron chi connectivity index (χ0n) is 17.5. The van der Waals surface area contributed by atoms with Gasteiger partial charge in [-0.15, -0.1) is 0 Å². The molecule has 3 heterocycles. The van der Waals surface area contributed by atoms with E-state index in [0.29, 0.717) is 10.3 Å². The number of halogens is 1. The Morgan fingerprint density at radius 2 is 1.77 bits per heavy atom. The van der Waals surface area contributed by atoms with Crippen LogP contribution in [0.4, 0.5) is 5.82 Å². The number of amides is 1. The monoisotopic (exact) mass is 444 g/mol. The molecule has 0 radical (unpaired) electrons. The maximum absolute atomic E-state index is 12.7. The van der Waals surface area contributed by atoms with E-state index in [1.807, 2.05) is 35.2 Å². The first-order valence-electron chi connectivity index (χ1n) is 10.9. The summed E-state index contributed by atoms with van der Waals surface area (Å²) in [6.45, 7) is 6.05. The van der Waals surface area contributed by atoms with Gasteiger partial charge < -0.3 is 9.80 Å². The van der Waals surface area contributed by atoms with Crippen LogP contribution in [0.25, 0.3) is 0 Å². The number of carbonyl (C=O) groups is 1. The Hall–Kier alpha value is -1.79. The van der Waals surface area contributed by atoms with E-state index in [1.54, 1.807) is 11.8 Å². The molecule has 0 N–H and O–H groups in total. The van der Waals surface area contributed by atoms with Gasteiger partial charge in [0.25, 0.3) is 5.91 Å². The van der Waals surface area contributed by atoms with Crippen LogP contribution in [0.15, 0.2) is 35.5 Å². The highest BCUT2D eigenvalue weighted by Gasteiger charge is 2.21. The van der Waals surface area contributed by atoms with E-state index in [0.717, 1.165) is 67.6 Å². The van der Waals surface area contributed by atoms with Crippen LogP contribution >= 0.6 is 23.4 Å². The largest absolute Gasteiger partial charge is 0.356 e. The normalized spacial score (nSPS) is 17.9. The van der Waals surface area contributed by atoms with Gasteiger partial charge in [-0.25, -0.2) is 9.97 Å². The number of aromatic nitrogens is 2. The summed E-state index contributed by atoms with van der Waals surface area (Å²) in [5, 5.41) is 1.19. The lowest BCUT2D eigenvalue weighted by Crippen LogP contribution is -2.37. The minimum atomic E-state index is 0.144. The molecule has 0 atom stereocenters. The summed E-state index contributed by atoms with van der Waals surface area (Å²) in [6, 6.07) is 9.80. The molecule has 30 heavy (non-hydrogen) atoms. The van der Waals surface area contributed by atoms with Crippen molar-refractivity contribution in [3.63, 3.8) is 0 Å². The first kappa shape index (κ1) is 21.4. The summed E-state index contributed by atoms with van der Waals surface area (Å²) in [4.78, 5) is 26.1. The lowest BCUT2D eigenvalue weighted by Gasteiger charge is -2.30. The Kier molecular flexibility index (Phi) is 7.16. The summed E-state index contributed by atoms with van der Waals surface area (Å²) in [5.74, 6) is 2.53. The summed E-state index contributed by atoms with van der Waals surface area (Å²) in [6.07, 6.45) is 5.88. The minimum absolute atomic E-state index is 0.144.